The number of fused-ring (bicyclic) bond motifs is 2. The van der Waals surface area contributed by atoms with Crippen molar-refractivity contribution in [3.8, 4) is 10.6 Å². The first-order chi connectivity index (χ1) is 16.9. The van der Waals surface area contributed by atoms with Crippen LogP contribution in [-0.4, -0.2) is 23.0 Å². The zero-order valence-electron chi connectivity index (χ0n) is 19.7. The van der Waals surface area contributed by atoms with Gasteiger partial charge in [-0.15, -0.1) is 11.3 Å². The third-order valence-electron chi connectivity index (χ3n) is 5.94. The third kappa shape index (κ3) is 4.53. The van der Waals surface area contributed by atoms with Gasteiger partial charge in [-0.1, -0.05) is 60.2 Å². The summed E-state index contributed by atoms with van der Waals surface area (Å²) in [6.07, 6.45) is -0.965. The number of benzene rings is 4. The molecule has 1 aromatic heterocycles. The summed E-state index contributed by atoms with van der Waals surface area (Å²) < 4.78 is 6.70. The minimum absolute atomic E-state index is 0.378. The highest BCUT2D eigenvalue weighted by Crippen LogP contribution is 2.36. The number of hydrogen-bond acceptors (Lipinski definition) is 5. The van der Waals surface area contributed by atoms with E-state index in [9.17, 15) is 9.59 Å². The predicted octanol–water partition coefficient (Wildman–Crippen LogP) is 6.92. The molecule has 4 aromatic carbocycles. The van der Waals surface area contributed by atoms with Gasteiger partial charge >= 0.3 is 5.97 Å². The largest absolute Gasteiger partial charge is 0.449 e. The molecule has 0 radical (unpaired) electrons. The van der Waals surface area contributed by atoms with Crippen molar-refractivity contribution in [3.63, 3.8) is 0 Å². The number of amides is 1. The molecule has 1 heterocycles. The van der Waals surface area contributed by atoms with Gasteiger partial charge < -0.3 is 10.1 Å². The number of hydrogen-bond donors (Lipinski definition) is 1. The number of carbonyl (C=O) groups excluding carboxylic acids is 2. The number of esters is 1. The van der Waals surface area contributed by atoms with E-state index in [2.05, 4.69) is 5.32 Å². The van der Waals surface area contributed by atoms with Crippen LogP contribution in [0.4, 0.5) is 5.69 Å². The van der Waals surface area contributed by atoms with Crippen LogP contribution in [-0.2, 0) is 9.53 Å². The highest BCUT2D eigenvalue weighted by atomic mass is 32.1. The molecule has 0 aliphatic rings. The van der Waals surface area contributed by atoms with E-state index >= 15 is 0 Å². The third-order valence-corrected chi connectivity index (χ3v) is 7.01. The van der Waals surface area contributed by atoms with E-state index in [0.717, 1.165) is 42.7 Å². The van der Waals surface area contributed by atoms with Crippen LogP contribution in [0.2, 0.25) is 0 Å². The Morgan fingerprint density at radius 1 is 0.943 bits per heavy atom. The van der Waals surface area contributed by atoms with Gasteiger partial charge in [-0.25, -0.2) is 9.78 Å². The van der Waals surface area contributed by atoms with Gasteiger partial charge in [0.1, 0.15) is 5.01 Å². The summed E-state index contributed by atoms with van der Waals surface area (Å²) in [5.74, 6) is -0.927. The highest BCUT2D eigenvalue weighted by Gasteiger charge is 2.22. The fourth-order valence-corrected chi connectivity index (χ4v) is 5.14. The van der Waals surface area contributed by atoms with Gasteiger partial charge in [0.25, 0.3) is 5.91 Å². The molecule has 0 saturated heterocycles. The van der Waals surface area contributed by atoms with Crippen molar-refractivity contribution in [2.24, 2.45) is 0 Å². The van der Waals surface area contributed by atoms with Gasteiger partial charge in [0.05, 0.1) is 15.8 Å². The Hall–Kier alpha value is -4.03. The molecule has 174 valence electrons. The monoisotopic (exact) mass is 480 g/mol. The van der Waals surface area contributed by atoms with Crippen LogP contribution < -0.4 is 5.32 Å². The molecule has 0 saturated carbocycles. The Balaban J connectivity index is 1.45. The lowest BCUT2D eigenvalue weighted by Gasteiger charge is -2.16. The van der Waals surface area contributed by atoms with Crippen molar-refractivity contribution in [1.82, 2.24) is 4.98 Å². The molecular formula is C29H24N2O3S. The van der Waals surface area contributed by atoms with Crippen molar-refractivity contribution in [3.05, 3.63) is 95.6 Å². The average Bonchev–Trinajstić information content (AvgIpc) is 3.29. The van der Waals surface area contributed by atoms with Gasteiger partial charge in [0.2, 0.25) is 0 Å². The van der Waals surface area contributed by atoms with Crippen molar-refractivity contribution < 1.29 is 14.3 Å². The molecule has 35 heavy (non-hydrogen) atoms. The summed E-state index contributed by atoms with van der Waals surface area (Å²) in [6, 6.07) is 25.1. The average molecular weight is 481 g/mol. The second-order valence-electron chi connectivity index (χ2n) is 8.55. The molecule has 1 N–H and O–H groups in total. The number of nitrogens with one attached hydrogen (secondary N) is 1. The first-order valence-corrected chi connectivity index (χ1v) is 12.2. The number of carbonyl (C=O) groups is 2. The van der Waals surface area contributed by atoms with Gasteiger partial charge in [-0.2, -0.15) is 0 Å². The lowest BCUT2D eigenvalue weighted by Crippen LogP contribution is -2.30. The fraction of sp³-hybridized carbons (Fsp3) is 0.138. The number of anilines is 1. The zero-order valence-corrected chi connectivity index (χ0v) is 20.5. The standard InChI is InChI=1S/C29H24N2O3S/c1-17-14-15-23(18(2)16-17)30-27(32)19(3)34-29(33)22-11-7-9-20-8-6-10-21(26(20)22)28-31-24-12-4-5-13-25(24)35-28/h4-16,19H,1-3H3,(H,30,32). The number of rotatable bonds is 5. The van der Waals surface area contributed by atoms with E-state index in [1.807, 2.05) is 86.6 Å². The maximum atomic E-state index is 13.3. The maximum absolute atomic E-state index is 13.3. The summed E-state index contributed by atoms with van der Waals surface area (Å²) in [7, 11) is 0. The molecule has 1 atom stereocenters. The van der Waals surface area contributed by atoms with E-state index in [1.54, 1.807) is 24.3 Å². The van der Waals surface area contributed by atoms with Crippen molar-refractivity contribution in [2.45, 2.75) is 26.9 Å². The summed E-state index contributed by atoms with van der Waals surface area (Å²) >= 11 is 1.58. The van der Waals surface area contributed by atoms with Crippen LogP contribution in [0.15, 0.2) is 78.9 Å². The Morgan fingerprint density at radius 3 is 2.49 bits per heavy atom. The van der Waals surface area contributed by atoms with Gasteiger partial charge in [-0.05, 0) is 56.0 Å². The summed E-state index contributed by atoms with van der Waals surface area (Å²) in [4.78, 5) is 30.8. The first kappa shape index (κ1) is 22.7. The van der Waals surface area contributed by atoms with Crippen LogP contribution in [0.25, 0.3) is 31.6 Å². The maximum Gasteiger partial charge on any atom is 0.339 e. The van der Waals surface area contributed by atoms with Crippen LogP contribution >= 0.6 is 11.3 Å². The van der Waals surface area contributed by atoms with Crippen molar-refractivity contribution >= 4 is 49.9 Å². The fourth-order valence-electron chi connectivity index (χ4n) is 4.14. The molecule has 0 spiro atoms. The number of thiazole rings is 1. The number of aryl methyl sites for hydroxylation is 2. The molecule has 1 amide bonds. The van der Waals surface area contributed by atoms with E-state index in [0.29, 0.717) is 11.3 Å². The van der Waals surface area contributed by atoms with Gasteiger partial charge in [0, 0.05) is 16.6 Å². The number of para-hydroxylation sites is 1. The molecule has 5 rings (SSSR count). The second kappa shape index (κ2) is 9.31. The minimum Gasteiger partial charge on any atom is -0.449 e. The van der Waals surface area contributed by atoms with E-state index in [-0.39, 0.29) is 5.91 Å². The van der Waals surface area contributed by atoms with Crippen molar-refractivity contribution in [1.29, 1.82) is 0 Å². The molecule has 0 aliphatic heterocycles. The number of nitrogens with zero attached hydrogens (tertiary/aromatic N) is 1. The molecule has 5 aromatic rings. The van der Waals surface area contributed by atoms with Gasteiger partial charge in [-0.3, -0.25) is 4.79 Å². The zero-order chi connectivity index (χ0) is 24.5. The quantitative estimate of drug-likeness (QED) is 0.277. The Bertz CT molecular complexity index is 1550. The Morgan fingerprint density at radius 2 is 1.71 bits per heavy atom. The minimum atomic E-state index is -0.965. The molecule has 0 bridgehead atoms. The normalized spacial score (nSPS) is 12.0. The number of ether oxygens (including phenoxy) is 1. The highest BCUT2D eigenvalue weighted by molar-refractivity contribution is 7.21. The van der Waals surface area contributed by atoms with Crippen LogP contribution in [0.3, 0.4) is 0 Å². The predicted molar refractivity (Wildman–Crippen MR) is 142 cm³/mol. The first-order valence-electron chi connectivity index (χ1n) is 11.4. The smallest absolute Gasteiger partial charge is 0.339 e. The SMILES string of the molecule is Cc1ccc(NC(=O)C(C)OC(=O)c2cccc3cccc(-c4nc5ccccc5s4)c23)c(C)c1. The van der Waals surface area contributed by atoms with Crippen LogP contribution in [0, 0.1) is 13.8 Å². The second-order valence-corrected chi connectivity index (χ2v) is 9.58. The summed E-state index contributed by atoms with van der Waals surface area (Å²) in [5, 5.41) is 5.36. The summed E-state index contributed by atoms with van der Waals surface area (Å²) in [6.45, 7) is 5.51. The molecule has 5 nitrogen and oxygen atoms in total. The lowest BCUT2D eigenvalue weighted by atomic mass is 9.99. The summed E-state index contributed by atoms with van der Waals surface area (Å²) in [5.41, 5.74) is 4.95. The Labute approximate surface area is 207 Å². The molecule has 0 aliphatic carbocycles. The molecular weight excluding hydrogens is 456 g/mol. The van der Waals surface area contributed by atoms with Gasteiger partial charge in [0.15, 0.2) is 6.10 Å². The van der Waals surface area contributed by atoms with Crippen molar-refractivity contribution in [2.75, 3.05) is 5.32 Å². The molecule has 6 heteroatoms. The van der Waals surface area contributed by atoms with Crippen LogP contribution in [0.1, 0.15) is 28.4 Å². The van der Waals surface area contributed by atoms with E-state index in [4.69, 9.17) is 9.72 Å². The Kier molecular flexibility index (Phi) is 6.05. The number of aromatic nitrogens is 1. The lowest BCUT2D eigenvalue weighted by molar-refractivity contribution is -0.123. The van der Waals surface area contributed by atoms with Crippen LogP contribution in [0.5, 0.6) is 0 Å². The van der Waals surface area contributed by atoms with E-state index < -0.39 is 12.1 Å². The molecule has 0 fully saturated rings. The van der Waals surface area contributed by atoms with E-state index in [1.165, 1.54) is 0 Å². The molecule has 1 unspecified atom stereocenters. The topological polar surface area (TPSA) is 68.3 Å².